The highest BCUT2D eigenvalue weighted by molar-refractivity contribution is 8.00. The van der Waals surface area contributed by atoms with Crippen molar-refractivity contribution >= 4 is 94.5 Å². The number of methoxy groups -OCH3 is 2. The van der Waals surface area contributed by atoms with Gasteiger partial charge in [0.05, 0.1) is 54.8 Å². The minimum atomic E-state index is -1.14. The van der Waals surface area contributed by atoms with E-state index in [4.69, 9.17) is 19.9 Å². The number of imide groups is 1. The van der Waals surface area contributed by atoms with Crippen molar-refractivity contribution in [1.29, 1.82) is 0 Å². The topological polar surface area (TPSA) is 381 Å². The van der Waals surface area contributed by atoms with Crippen LogP contribution in [0.15, 0.2) is 54.6 Å². The average Bonchev–Trinajstić information content (AvgIpc) is 1.57. The first-order valence-corrected chi connectivity index (χ1v) is 36.7. The maximum Gasteiger partial charge on any atom is 0.410 e. The van der Waals surface area contributed by atoms with Crippen LogP contribution in [0.3, 0.4) is 0 Å². The Morgan fingerprint density at radius 1 is 0.755 bits per heavy atom. The van der Waals surface area contributed by atoms with E-state index in [0.717, 1.165) is 12.8 Å². The molecular formula is C73H111N11O17S. The fourth-order valence-electron chi connectivity index (χ4n) is 13.3. The van der Waals surface area contributed by atoms with Gasteiger partial charge in [-0.05, 0) is 98.1 Å². The summed E-state index contributed by atoms with van der Waals surface area (Å²) in [6.45, 7) is 16.5. The molecule has 0 spiro atoms. The molecule has 2 aromatic rings. The number of thioether (sulfide) groups is 1. The number of ether oxygens (including phenoxy) is 3. The summed E-state index contributed by atoms with van der Waals surface area (Å²) in [5.41, 5.74) is 6.26. The van der Waals surface area contributed by atoms with Crippen molar-refractivity contribution in [3.63, 3.8) is 0 Å². The van der Waals surface area contributed by atoms with Gasteiger partial charge in [0.25, 0.3) is 0 Å². The maximum atomic E-state index is 14.8. The number of likely N-dealkylation sites (tertiary alicyclic amines) is 2. The number of nitrogens with two attached hydrogens (primary N) is 1. The molecule has 29 heteroatoms. The third-order valence-electron chi connectivity index (χ3n) is 19.6. The molecule has 3 fully saturated rings. The Morgan fingerprint density at radius 2 is 1.42 bits per heavy atom. The Morgan fingerprint density at radius 3 is 2.01 bits per heavy atom. The number of rotatable bonds is 43. The number of ketones is 1. The number of carboxylic acid groups (broad SMARTS) is 1. The van der Waals surface area contributed by atoms with E-state index in [2.05, 4.69) is 31.9 Å². The van der Waals surface area contributed by atoms with E-state index in [1.807, 2.05) is 13.8 Å². The van der Waals surface area contributed by atoms with Crippen LogP contribution in [-0.4, -0.2) is 216 Å². The summed E-state index contributed by atoms with van der Waals surface area (Å²) < 4.78 is 17.7. The Bertz CT molecular complexity index is 3210. The number of amides is 12. The minimum Gasteiger partial charge on any atom is -0.481 e. The summed E-state index contributed by atoms with van der Waals surface area (Å²) in [5, 5.41) is 25.2. The third-order valence-corrected chi connectivity index (χ3v) is 21.2. The zero-order valence-electron chi connectivity index (χ0n) is 61.7. The molecule has 3 aliphatic rings. The molecule has 102 heavy (non-hydrogen) atoms. The number of primary amides is 1. The van der Waals surface area contributed by atoms with Crippen LogP contribution < -0.4 is 37.6 Å². The van der Waals surface area contributed by atoms with E-state index in [9.17, 15) is 67.4 Å². The quantitative estimate of drug-likeness (QED) is 0.0213. The summed E-state index contributed by atoms with van der Waals surface area (Å²) in [6.07, 6.45) is 2.83. The normalized spacial score (nSPS) is 18.2. The van der Waals surface area contributed by atoms with E-state index >= 15 is 0 Å². The van der Waals surface area contributed by atoms with Crippen LogP contribution in [0.1, 0.15) is 168 Å². The number of carbonyl (C=O) groups excluding carboxylic acids is 12. The number of hydrogen-bond donors (Lipinski definition) is 8. The smallest absolute Gasteiger partial charge is 0.410 e. The molecule has 28 nitrogen and oxygen atoms in total. The standard InChI is InChI=1S/C73H111N11O17S/c1-14-46(8)63(54(99-12)37-57(87)83-36-22-26-52(83)64(100-13)47(9)65(91)76-40-53(85)49-23-17-15-18-24-49)81(10)70(96)61(44(4)5)80-68(94)62(45(6)7)82(11)72(98)101-41-48-28-30-50(31-29-48)77-66(92)51(25-21-34-75-71(74)97)78-67(93)60(43(2)3)79-56(86)27-19-16-20-35-84-58(88)38-55(69(84)95)102-42-73(32-33-73)39-59(89)90/h15,17-18,23-24,28-31,43-47,51-52,54-55,60-64H,14,16,19-22,25-27,32-42H2,1-13H3,(H,76,91)(H,77,92)(H,78,93)(H,79,86)(H,80,94)(H,89,90)(H3,74,75,97)/t46-,47+,51-,52-,54+,55?,60-,61-,62-,63?,64+/m0/s1. The highest BCUT2D eigenvalue weighted by atomic mass is 32.2. The lowest BCUT2D eigenvalue weighted by Crippen LogP contribution is -2.60. The van der Waals surface area contributed by atoms with Crippen LogP contribution >= 0.6 is 11.8 Å². The number of Topliss-reactive ketones (excluding diaryl/α,β-unsaturated/α-hetero) is 1. The number of unbranched alkanes of at least 4 members (excludes halogenated alkanes) is 2. The molecule has 0 aromatic heterocycles. The molecule has 2 saturated heterocycles. The molecule has 566 valence electrons. The van der Waals surface area contributed by atoms with Crippen LogP contribution in [0.2, 0.25) is 0 Å². The molecule has 9 N–H and O–H groups in total. The number of aliphatic carboxylic acids is 1. The summed E-state index contributed by atoms with van der Waals surface area (Å²) in [7, 11) is 6.03. The lowest BCUT2D eigenvalue weighted by Gasteiger charge is -2.41. The van der Waals surface area contributed by atoms with Gasteiger partial charge in [-0.1, -0.05) is 118 Å². The third kappa shape index (κ3) is 24.8. The molecule has 12 amide bonds. The molecule has 5 rings (SSSR count). The van der Waals surface area contributed by atoms with Crippen molar-refractivity contribution in [2.45, 2.75) is 213 Å². The van der Waals surface area contributed by atoms with E-state index in [1.54, 1.807) is 115 Å². The predicted molar refractivity (Wildman–Crippen MR) is 384 cm³/mol. The van der Waals surface area contributed by atoms with Crippen molar-refractivity contribution in [2.24, 2.45) is 40.7 Å². The van der Waals surface area contributed by atoms with E-state index < -0.39 is 125 Å². The zero-order valence-corrected chi connectivity index (χ0v) is 62.5. The van der Waals surface area contributed by atoms with Gasteiger partial charge in [-0.2, -0.15) is 0 Å². The number of anilines is 1. The second-order valence-corrected chi connectivity index (χ2v) is 29.6. The van der Waals surface area contributed by atoms with Crippen molar-refractivity contribution in [1.82, 2.24) is 46.2 Å². The lowest BCUT2D eigenvalue weighted by molar-refractivity contribution is -0.148. The highest BCUT2D eigenvalue weighted by Gasteiger charge is 2.48. The number of nitrogens with one attached hydrogen (secondary N) is 6. The second-order valence-electron chi connectivity index (χ2n) is 28.4. The minimum absolute atomic E-state index is 0.0426. The molecule has 2 heterocycles. The van der Waals surface area contributed by atoms with Crippen molar-refractivity contribution < 1.29 is 81.6 Å². The molecule has 1 saturated carbocycles. The van der Waals surface area contributed by atoms with Gasteiger partial charge < -0.3 is 66.8 Å². The Labute approximate surface area is 604 Å². The average molecular weight is 1450 g/mol. The summed E-state index contributed by atoms with van der Waals surface area (Å²) in [5.74, 6) is -6.70. The van der Waals surface area contributed by atoms with Crippen molar-refractivity contribution in [3.8, 4) is 0 Å². The van der Waals surface area contributed by atoms with Crippen LogP contribution in [0.25, 0.3) is 0 Å². The van der Waals surface area contributed by atoms with Crippen molar-refractivity contribution in [3.05, 3.63) is 65.7 Å². The fraction of sp³-hybridized carbons (Fsp3) is 0.658. The first kappa shape index (κ1) is 84.5. The van der Waals surface area contributed by atoms with E-state index in [1.165, 1.54) is 47.7 Å². The van der Waals surface area contributed by atoms with Crippen LogP contribution in [0, 0.1) is 35.0 Å². The molecule has 0 bridgehead atoms. The largest absolute Gasteiger partial charge is 0.481 e. The maximum absolute atomic E-state index is 14.8. The monoisotopic (exact) mass is 1450 g/mol. The zero-order chi connectivity index (χ0) is 75.7. The molecule has 2 aromatic carbocycles. The highest BCUT2D eigenvalue weighted by Crippen LogP contribution is 2.52. The Hall–Kier alpha value is -8.18. The van der Waals surface area contributed by atoms with Gasteiger partial charge in [0.2, 0.25) is 53.2 Å². The Balaban J connectivity index is 1.14. The SMILES string of the molecule is CC[C@H](C)C([C@@H](CC(=O)N1CCC[C@H]1[C@H](OC)[C@@H](C)C(=O)NCC(=O)c1ccccc1)OC)N(C)C(=O)[C@@H](NC(=O)[C@H](C(C)C)N(C)C(=O)OCc1ccc(NC(=O)[C@H](CCCNC(N)=O)NC(=O)[C@@H](NC(=O)CCCCCN2C(=O)CC(SCC3(CC(=O)O)CC3)C2=O)C(C)C)cc1)C(C)C. The van der Waals surface area contributed by atoms with E-state index in [0.29, 0.717) is 67.6 Å². The summed E-state index contributed by atoms with van der Waals surface area (Å²) in [6, 6.07) is 8.78. The molecule has 0 radical (unpaired) electrons. The van der Waals surface area contributed by atoms with Gasteiger partial charge in [-0.25, -0.2) is 9.59 Å². The van der Waals surface area contributed by atoms with Gasteiger partial charge in [-0.15, -0.1) is 11.8 Å². The van der Waals surface area contributed by atoms with Crippen LogP contribution in [-0.2, 0) is 68.8 Å². The molecule has 2 aliphatic heterocycles. The Kier molecular flexibility index (Phi) is 33.6. The fourth-order valence-corrected chi connectivity index (χ4v) is 14.7. The summed E-state index contributed by atoms with van der Waals surface area (Å²) in [4.78, 5) is 179. The lowest BCUT2D eigenvalue weighted by atomic mass is 9.89. The van der Waals surface area contributed by atoms with Crippen LogP contribution in [0.5, 0.6) is 0 Å². The molecular weight excluding hydrogens is 1330 g/mol. The number of likely N-dealkylation sites (N-methyl/N-ethyl adjacent to an activating group) is 2. The number of nitrogens with zero attached hydrogens (tertiary/aromatic N) is 4. The number of urea groups is 1. The molecule has 11 atom stereocenters. The first-order valence-electron chi connectivity index (χ1n) is 35.7. The number of carboxylic acids is 1. The molecule has 1 aliphatic carbocycles. The number of hydrogen-bond acceptors (Lipinski definition) is 17. The first-order chi connectivity index (χ1) is 48.3. The number of benzene rings is 2. The number of carbonyl (C=O) groups is 13. The van der Waals surface area contributed by atoms with Crippen LogP contribution in [0.4, 0.5) is 15.3 Å². The molecule has 2 unspecified atom stereocenters. The van der Waals surface area contributed by atoms with Gasteiger partial charge in [0.1, 0.15) is 30.8 Å². The predicted octanol–water partition coefficient (Wildman–Crippen LogP) is 6.03. The van der Waals surface area contributed by atoms with Gasteiger partial charge in [0, 0.05) is 77.8 Å². The van der Waals surface area contributed by atoms with Crippen molar-refractivity contribution in [2.75, 3.05) is 65.6 Å². The summed E-state index contributed by atoms with van der Waals surface area (Å²) >= 11 is 1.35. The van der Waals surface area contributed by atoms with Gasteiger partial charge >= 0.3 is 18.1 Å². The van der Waals surface area contributed by atoms with Gasteiger partial charge in [-0.3, -0.25) is 62.5 Å². The van der Waals surface area contributed by atoms with E-state index in [-0.39, 0.29) is 106 Å². The second kappa shape index (κ2) is 40.6. The van der Waals surface area contributed by atoms with Gasteiger partial charge in [0.15, 0.2) is 5.78 Å².